The maximum absolute atomic E-state index is 11.1. The van der Waals surface area contributed by atoms with Gasteiger partial charge in [0.2, 0.25) is 0 Å². The molecule has 0 aliphatic carbocycles. The van der Waals surface area contributed by atoms with Gasteiger partial charge in [-0.15, -0.1) is 0 Å². The van der Waals surface area contributed by atoms with Crippen molar-refractivity contribution in [2.24, 2.45) is 0 Å². The minimum atomic E-state index is -1.21. The summed E-state index contributed by atoms with van der Waals surface area (Å²) in [6.45, 7) is 2.51. The predicted octanol–water partition coefficient (Wildman–Crippen LogP) is 1.70. The molecule has 0 amide bonds. The van der Waals surface area contributed by atoms with Gasteiger partial charge >= 0.3 is 0 Å². The zero-order valence-electron chi connectivity index (χ0n) is 9.18. The quantitative estimate of drug-likeness (QED) is 0.865. The number of halogens is 1. The fourth-order valence-electron chi connectivity index (χ4n) is 1.58. The SMILES string of the molecule is CCn1cc(C(=O)[O-])c(-c2ccccc2Br)n1. The van der Waals surface area contributed by atoms with Crippen LogP contribution < -0.4 is 5.11 Å². The van der Waals surface area contributed by atoms with Crippen molar-refractivity contribution in [1.82, 2.24) is 9.78 Å². The number of rotatable bonds is 3. The number of carbonyl (C=O) groups excluding carboxylic acids is 1. The van der Waals surface area contributed by atoms with E-state index < -0.39 is 5.97 Å². The molecule has 5 heteroatoms. The van der Waals surface area contributed by atoms with Gasteiger partial charge in [0.1, 0.15) is 5.69 Å². The highest BCUT2D eigenvalue weighted by Crippen LogP contribution is 2.29. The summed E-state index contributed by atoms with van der Waals surface area (Å²) in [4.78, 5) is 11.1. The second-order valence-electron chi connectivity index (χ2n) is 3.51. The molecule has 0 aliphatic heterocycles. The van der Waals surface area contributed by atoms with Gasteiger partial charge in [-0.1, -0.05) is 34.1 Å². The van der Waals surface area contributed by atoms with Crippen LogP contribution in [0.4, 0.5) is 0 Å². The molecule has 1 aromatic heterocycles. The normalized spacial score (nSPS) is 10.5. The van der Waals surface area contributed by atoms with E-state index in [-0.39, 0.29) is 5.56 Å². The molecule has 0 bridgehead atoms. The molecule has 0 fully saturated rings. The third kappa shape index (κ3) is 2.24. The fourth-order valence-corrected chi connectivity index (χ4v) is 2.06. The standard InChI is InChI=1S/C12H11BrN2O2/c1-2-15-7-9(12(16)17)11(14-15)8-5-3-4-6-10(8)13/h3-7H,2H2,1H3,(H,16,17)/p-1. The van der Waals surface area contributed by atoms with Crippen molar-refractivity contribution in [3.63, 3.8) is 0 Å². The number of carboxylic acids is 1. The first kappa shape index (κ1) is 11.9. The Morgan fingerprint density at radius 2 is 2.18 bits per heavy atom. The van der Waals surface area contributed by atoms with Crippen molar-refractivity contribution in [1.29, 1.82) is 0 Å². The van der Waals surface area contributed by atoms with E-state index in [1.165, 1.54) is 6.20 Å². The Balaban J connectivity index is 2.62. The molecule has 4 nitrogen and oxygen atoms in total. The van der Waals surface area contributed by atoms with Crippen LogP contribution in [0, 0.1) is 0 Å². The summed E-state index contributed by atoms with van der Waals surface area (Å²) in [6.07, 6.45) is 1.49. The predicted molar refractivity (Wildman–Crippen MR) is 65.4 cm³/mol. The Labute approximate surface area is 107 Å². The number of aromatic nitrogens is 2. The summed E-state index contributed by atoms with van der Waals surface area (Å²) in [5, 5.41) is 15.3. The molecule has 0 unspecified atom stereocenters. The van der Waals surface area contributed by atoms with Gasteiger partial charge in [0, 0.05) is 28.3 Å². The highest BCUT2D eigenvalue weighted by molar-refractivity contribution is 9.10. The van der Waals surface area contributed by atoms with Crippen molar-refractivity contribution >= 4 is 21.9 Å². The van der Waals surface area contributed by atoms with Crippen LogP contribution in [0.3, 0.4) is 0 Å². The Hall–Kier alpha value is -1.62. The number of aryl methyl sites for hydroxylation is 1. The van der Waals surface area contributed by atoms with Gasteiger partial charge in [0.15, 0.2) is 0 Å². The van der Waals surface area contributed by atoms with E-state index >= 15 is 0 Å². The number of carbonyl (C=O) groups is 1. The average Bonchev–Trinajstić information content (AvgIpc) is 2.73. The minimum absolute atomic E-state index is 0.110. The zero-order chi connectivity index (χ0) is 12.4. The Kier molecular flexibility index (Phi) is 3.28. The van der Waals surface area contributed by atoms with Gasteiger partial charge in [-0.3, -0.25) is 4.68 Å². The van der Waals surface area contributed by atoms with E-state index in [0.29, 0.717) is 12.2 Å². The van der Waals surface area contributed by atoms with Crippen molar-refractivity contribution in [3.05, 3.63) is 40.5 Å². The largest absolute Gasteiger partial charge is 0.545 e. The first-order valence-electron chi connectivity index (χ1n) is 5.17. The number of benzene rings is 1. The molecule has 0 aliphatic rings. The van der Waals surface area contributed by atoms with E-state index in [1.807, 2.05) is 31.2 Å². The molecule has 88 valence electrons. The van der Waals surface area contributed by atoms with Gasteiger partial charge in [-0.05, 0) is 13.0 Å². The lowest BCUT2D eigenvalue weighted by Gasteiger charge is -2.04. The summed E-state index contributed by atoms with van der Waals surface area (Å²) in [6, 6.07) is 7.37. The van der Waals surface area contributed by atoms with Gasteiger partial charge in [0.05, 0.1) is 5.97 Å². The second-order valence-corrected chi connectivity index (χ2v) is 4.37. The summed E-state index contributed by atoms with van der Waals surface area (Å²) >= 11 is 3.38. The molecule has 0 atom stereocenters. The van der Waals surface area contributed by atoms with Gasteiger partial charge < -0.3 is 9.90 Å². The molecule has 1 heterocycles. The highest BCUT2D eigenvalue weighted by atomic mass is 79.9. The van der Waals surface area contributed by atoms with Crippen molar-refractivity contribution in [2.75, 3.05) is 0 Å². The summed E-state index contributed by atoms with van der Waals surface area (Å²) in [5.41, 5.74) is 1.29. The number of hydrogen-bond acceptors (Lipinski definition) is 3. The maximum Gasteiger partial charge on any atom is 0.102 e. The monoisotopic (exact) mass is 293 g/mol. The molecule has 1 aromatic carbocycles. The zero-order valence-corrected chi connectivity index (χ0v) is 10.8. The van der Waals surface area contributed by atoms with Gasteiger partial charge in [-0.25, -0.2) is 0 Å². The molecule has 0 spiro atoms. The highest BCUT2D eigenvalue weighted by Gasteiger charge is 2.13. The first-order chi connectivity index (χ1) is 8.13. The molecule has 0 radical (unpaired) electrons. The summed E-state index contributed by atoms with van der Waals surface area (Å²) in [7, 11) is 0. The lowest BCUT2D eigenvalue weighted by molar-refractivity contribution is -0.254. The van der Waals surface area contributed by atoms with E-state index in [9.17, 15) is 9.90 Å². The lowest BCUT2D eigenvalue weighted by Crippen LogP contribution is -2.22. The van der Waals surface area contributed by atoms with E-state index in [1.54, 1.807) is 4.68 Å². The first-order valence-corrected chi connectivity index (χ1v) is 5.96. The number of carboxylic acid groups (broad SMARTS) is 1. The Morgan fingerprint density at radius 1 is 1.47 bits per heavy atom. The third-order valence-corrected chi connectivity index (χ3v) is 3.13. The van der Waals surface area contributed by atoms with Crippen LogP contribution in [-0.4, -0.2) is 15.7 Å². The molecule has 17 heavy (non-hydrogen) atoms. The minimum Gasteiger partial charge on any atom is -0.545 e. The van der Waals surface area contributed by atoms with Crippen LogP contribution in [0.1, 0.15) is 17.3 Å². The molecule has 0 saturated heterocycles. The van der Waals surface area contributed by atoms with E-state index in [2.05, 4.69) is 21.0 Å². The third-order valence-electron chi connectivity index (χ3n) is 2.43. The van der Waals surface area contributed by atoms with Crippen LogP contribution in [-0.2, 0) is 6.54 Å². The number of nitrogens with zero attached hydrogens (tertiary/aromatic N) is 2. The smallest absolute Gasteiger partial charge is 0.102 e. The Morgan fingerprint density at radius 3 is 2.76 bits per heavy atom. The lowest BCUT2D eigenvalue weighted by atomic mass is 10.1. The fraction of sp³-hybridized carbons (Fsp3) is 0.167. The second kappa shape index (κ2) is 4.71. The van der Waals surface area contributed by atoms with Crippen molar-refractivity contribution in [3.8, 4) is 11.3 Å². The molecule has 0 saturated carbocycles. The van der Waals surface area contributed by atoms with E-state index in [4.69, 9.17) is 0 Å². The summed E-state index contributed by atoms with van der Waals surface area (Å²) in [5.74, 6) is -1.21. The number of hydrogen-bond donors (Lipinski definition) is 0. The van der Waals surface area contributed by atoms with Gasteiger partial charge in [-0.2, -0.15) is 5.10 Å². The van der Waals surface area contributed by atoms with Crippen LogP contribution in [0.15, 0.2) is 34.9 Å². The van der Waals surface area contributed by atoms with Crippen molar-refractivity contribution in [2.45, 2.75) is 13.5 Å². The molecule has 2 rings (SSSR count). The summed E-state index contributed by atoms with van der Waals surface area (Å²) < 4.78 is 2.39. The molecule has 2 aromatic rings. The Bertz CT molecular complexity index is 563. The van der Waals surface area contributed by atoms with E-state index in [0.717, 1.165) is 10.0 Å². The van der Waals surface area contributed by atoms with Crippen LogP contribution in [0.25, 0.3) is 11.3 Å². The average molecular weight is 294 g/mol. The molecule has 0 N–H and O–H groups in total. The van der Waals surface area contributed by atoms with Gasteiger partial charge in [0.25, 0.3) is 0 Å². The van der Waals surface area contributed by atoms with Crippen LogP contribution >= 0.6 is 15.9 Å². The molecular formula is C12H10BrN2O2-. The van der Waals surface area contributed by atoms with Crippen LogP contribution in [0.2, 0.25) is 0 Å². The number of aromatic carboxylic acids is 1. The van der Waals surface area contributed by atoms with Crippen LogP contribution in [0.5, 0.6) is 0 Å². The molecular weight excluding hydrogens is 284 g/mol. The topological polar surface area (TPSA) is 58.0 Å². The maximum atomic E-state index is 11.1. The van der Waals surface area contributed by atoms with Crippen molar-refractivity contribution < 1.29 is 9.90 Å².